The molecule has 1 saturated heterocycles. The van der Waals surface area contributed by atoms with E-state index in [-0.39, 0.29) is 5.91 Å². The third kappa shape index (κ3) is 3.03. The van der Waals surface area contributed by atoms with Crippen LogP contribution < -0.4 is 5.32 Å². The Morgan fingerprint density at radius 3 is 2.89 bits per heavy atom. The molecular weight excluding hydrogens is 248 g/mol. The Kier molecular flexibility index (Phi) is 4.25. The Morgan fingerprint density at radius 1 is 1.44 bits per heavy atom. The van der Waals surface area contributed by atoms with E-state index in [1.54, 1.807) is 6.07 Å². The fourth-order valence-electron chi connectivity index (χ4n) is 2.44. The van der Waals surface area contributed by atoms with E-state index in [0.717, 1.165) is 31.5 Å². The smallest absolute Gasteiger partial charge is 0.253 e. The second-order valence-corrected chi connectivity index (χ2v) is 5.33. The highest BCUT2D eigenvalue weighted by molar-refractivity contribution is 6.31. The zero-order chi connectivity index (χ0) is 13.1. The number of piperidine rings is 1. The molecule has 1 fully saturated rings. The molecule has 0 saturated carbocycles. The van der Waals surface area contributed by atoms with Crippen LogP contribution >= 0.6 is 11.6 Å². The van der Waals surface area contributed by atoms with Gasteiger partial charge in [-0.15, -0.1) is 0 Å². The summed E-state index contributed by atoms with van der Waals surface area (Å²) in [7, 11) is 1.95. The van der Waals surface area contributed by atoms with Crippen LogP contribution in [0, 0.1) is 6.92 Å². The topological polar surface area (TPSA) is 32.3 Å². The SMILES string of the molecule is CNC1CCCN(C(=O)c2cc(C)cc(Cl)c2)C1. The lowest BCUT2D eigenvalue weighted by molar-refractivity contribution is 0.0698. The highest BCUT2D eigenvalue weighted by Crippen LogP contribution is 2.18. The predicted molar refractivity (Wildman–Crippen MR) is 74.2 cm³/mol. The van der Waals surface area contributed by atoms with Crippen molar-refractivity contribution in [1.82, 2.24) is 10.2 Å². The van der Waals surface area contributed by atoms with Gasteiger partial charge in [0.2, 0.25) is 0 Å². The average Bonchev–Trinajstić information content (AvgIpc) is 2.37. The van der Waals surface area contributed by atoms with Crippen LogP contribution in [-0.4, -0.2) is 37.0 Å². The molecule has 2 rings (SSSR count). The van der Waals surface area contributed by atoms with Crippen LogP contribution in [0.2, 0.25) is 5.02 Å². The van der Waals surface area contributed by atoms with Crippen molar-refractivity contribution in [3.63, 3.8) is 0 Å². The number of likely N-dealkylation sites (N-methyl/N-ethyl adjacent to an activating group) is 1. The second kappa shape index (κ2) is 5.72. The standard InChI is InChI=1S/C14H19ClN2O/c1-10-6-11(8-12(15)7-10)14(18)17-5-3-4-13(9-17)16-2/h6-8,13,16H,3-5,9H2,1-2H3. The Balaban J connectivity index is 2.15. The molecule has 1 unspecified atom stereocenters. The van der Waals surface area contributed by atoms with Crippen molar-refractivity contribution in [2.24, 2.45) is 0 Å². The minimum atomic E-state index is 0.0838. The Labute approximate surface area is 113 Å². The maximum atomic E-state index is 12.4. The highest BCUT2D eigenvalue weighted by Gasteiger charge is 2.23. The van der Waals surface area contributed by atoms with E-state index < -0.39 is 0 Å². The number of halogens is 1. The average molecular weight is 267 g/mol. The van der Waals surface area contributed by atoms with E-state index >= 15 is 0 Å². The number of benzene rings is 1. The predicted octanol–water partition coefficient (Wildman–Crippen LogP) is 2.47. The minimum Gasteiger partial charge on any atom is -0.337 e. The molecule has 3 nitrogen and oxygen atoms in total. The van der Waals surface area contributed by atoms with Crippen molar-refractivity contribution in [2.45, 2.75) is 25.8 Å². The van der Waals surface area contributed by atoms with Crippen LogP contribution in [0.3, 0.4) is 0 Å². The summed E-state index contributed by atoms with van der Waals surface area (Å²) >= 11 is 6.01. The summed E-state index contributed by atoms with van der Waals surface area (Å²) in [6.45, 7) is 3.57. The first kappa shape index (κ1) is 13.4. The van der Waals surface area contributed by atoms with Crippen LogP contribution in [0.1, 0.15) is 28.8 Å². The lowest BCUT2D eigenvalue weighted by Gasteiger charge is -2.32. The van der Waals surface area contributed by atoms with E-state index in [1.807, 2.05) is 31.0 Å². The number of nitrogens with zero attached hydrogens (tertiary/aromatic N) is 1. The third-order valence-electron chi connectivity index (χ3n) is 3.41. The Morgan fingerprint density at radius 2 is 2.22 bits per heavy atom. The van der Waals surface area contributed by atoms with E-state index in [0.29, 0.717) is 16.6 Å². The number of carbonyl (C=O) groups is 1. The monoisotopic (exact) mass is 266 g/mol. The van der Waals surface area contributed by atoms with Crippen molar-refractivity contribution in [3.8, 4) is 0 Å². The van der Waals surface area contributed by atoms with Crippen LogP contribution in [-0.2, 0) is 0 Å². The normalized spacial score (nSPS) is 19.9. The number of nitrogens with one attached hydrogen (secondary N) is 1. The molecule has 18 heavy (non-hydrogen) atoms. The molecule has 4 heteroatoms. The van der Waals surface area contributed by atoms with Gasteiger partial charge in [0.15, 0.2) is 0 Å². The van der Waals surface area contributed by atoms with Crippen molar-refractivity contribution in [2.75, 3.05) is 20.1 Å². The molecule has 0 radical (unpaired) electrons. The maximum Gasteiger partial charge on any atom is 0.253 e. The van der Waals surface area contributed by atoms with Crippen molar-refractivity contribution in [3.05, 3.63) is 34.3 Å². The molecular formula is C14H19ClN2O. The summed E-state index contributed by atoms with van der Waals surface area (Å²) in [6, 6.07) is 5.92. The Hall–Kier alpha value is -1.06. The molecule has 1 amide bonds. The van der Waals surface area contributed by atoms with Gasteiger partial charge in [0.1, 0.15) is 0 Å². The fraction of sp³-hybridized carbons (Fsp3) is 0.500. The van der Waals surface area contributed by atoms with Crippen LogP contribution in [0.15, 0.2) is 18.2 Å². The first-order valence-electron chi connectivity index (χ1n) is 6.34. The number of carbonyl (C=O) groups excluding carboxylic acids is 1. The molecule has 98 valence electrons. The van der Waals surface area contributed by atoms with Crippen LogP contribution in [0.5, 0.6) is 0 Å². The van der Waals surface area contributed by atoms with E-state index in [4.69, 9.17) is 11.6 Å². The number of amides is 1. The minimum absolute atomic E-state index is 0.0838. The van der Waals surface area contributed by atoms with E-state index in [9.17, 15) is 4.79 Å². The molecule has 1 atom stereocenters. The molecule has 1 aliphatic rings. The van der Waals surface area contributed by atoms with Gasteiger partial charge in [-0.25, -0.2) is 0 Å². The van der Waals surface area contributed by atoms with Crippen LogP contribution in [0.25, 0.3) is 0 Å². The zero-order valence-electron chi connectivity index (χ0n) is 10.9. The van der Waals surface area contributed by atoms with Crippen molar-refractivity contribution < 1.29 is 4.79 Å². The molecule has 0 bridgehead atoms. The molecule has 0 aliphatic carbocycles. The molecule has 0 spiro atoms. The third-order valence-corrected chi connectivity index (χ3v) is 3.62. The number of hydrogen-bond donors (Lipinski definition) is 1. The van der Waals surface area contributed by atoms with Crippen LogP contribution in [0.4, 0.5) is 0 Å². The second-order valence-electron chi connectivity index (χ2n) is 4.90. The quantitative estimate of drug-likeness (QED) is 0.892. The lowest BCUT2D eigenvalue weighted by Crippen LogP contribution is -2.46. The van der Waals surface area contributed by atoms with Gasteiger partial charge >= 0.3 is 0 Å². The molecule has 1 heterocycles. The summed E-state index contributed by atoms with van der Waals surface area (Å²) in [6.07, 6.45) is 2.19. The van der Waals surface area contributed by atoms with Crippen molar-refractivity contribution >= 4 is 17.5 Å². The van der Waals surface area contributed by atoms with E-state index in [1.165, 1.54) is 0 Å². The molecule has 0 aromatic heterocycles. The van der Waals surface area contributed by atoms with Gasteiger partial charge in [-0.3, -0.25) is 4.79 Å². The zero-order valence-corrected chi connectivity index (χ0v) is 11.6. The van der Waals surface area contributed by atoms with Gasteiger partial charge in [-0.2, -0.15) is 0 Å². The molecule has 1 aromatic carbocycles. The van der Waals surface area contributed by atoms with Gasteiger partial charge in [-0.1, -0.05) is 11.6 Å². The lowest BCUT2D eigenvalue weighted by atomic mass is 10.0. The fourth-order valence-corrected chi connectivity index (χ4v) is 2.73. The van der Waals surface area contributed by atoms with Gasteiger partial charge in [-0.05, 0) is 50.6 Å². The number of hydrogen-bond acceptors (Lipinski definition) is 2. The first-order valence-corrected chi connectivity index (χ1v) is 6.71. The summed E-state index contributed by atoms with van der Waals surface area (Å²) in [5, 5.41) is 3.87. The summed E-state index contributed by atoms with van der Waals surface area (Å²) in [5.74, 6) is 0.0838. The number of likely N-dealkylation sites (tertiary alicyclic amines) is 1. The Bertz CT molecular complexity index is 427. The summed E-state index contributed by atoms with van der Waals surface area (Å²) in [4.78, 5) is 14.3. The van der Waals surface area contributed by atoms with Gasteiger partial charge in [0.25, 0.3) is 5.91 Å². The van der Waals surface area contributed by atoms with Gasteiger partial charge in [0, 0.05) is 29.7 Å². The summed E-state index contributed by atoms with van der Waals surface area (Å²) in [5.41, 5.74) is 1.71. The van der Waals surface area contributed by atoms with Gasteiger partial charge < -0.3 is 10.2 Å². The molecule has 1 N–H and O–H groups in total. The van der Waals surface area contributed by atoms with Gasteiger partial charge in [0.05, 0.1) is 0 Å². The number of rotatable bonds is 2. The van der Waals surface area contributed by atoms with E-state index in [2.05, 4.69) is 5.32 Å². The largest absolute Gasteiger partial charge is 0.337 e. The molecule has 1 aromatic rings. The summed E-state index contributed by atoms with van der Waals surface area (Å²) < 4.78 is 0. The number of aryl methyl sites for hydroxylation is 1. The van der Waals surface area contributed by atoms with Crippen molar-refractivity contribution in [1.29, 1.82) is 0 Å². The highest BCUT2D eigenvalue weighted by atomic mass is 35.5. The maximum absolute atomic E-state index is 12.4. The first-order chi connectivity index (χ1) is 8.60. The molecule has 1 aliphatic heterocycles.